The molecule has 0 spiro atoms. The van der Waals surface area contributed by atoms with Gasteiger partial charge in [0.1, 0.15) is 0 Å². The Morgan fingerprint density at radius 2 is 2.18 bits per heavy atom. The molecule has 1 aliphatic heterocycles. The van der Waals surface area contributed by atoms with Crippen LogP contribution in [0.15, 0.2) is 18.5 Å². The van der Waals surface area contributed by atoms with Gasteiger partial charge in [-0.1, -0.05) is 0 Å². The second-order valence-corrected chi connectivity index (χ2v) is 4.89. The van der Waals surface area contributed by atoms with Gasteiger partial charge in [-0.25, -0.2) is 0 Å². The van der Waals surface area contributed by atoms with Gasteiger partial charge in [-0.15, -0.1) is 0 Å². The molecule has 1 aromatic heterocycles. The third kappa shape index (κ3) is 3.19. The monoisotopic (exact) mass is 233 g/mol. The molecule has 1 N–H and O–H groups in total. The van der Waals surface area contributed by atoms with Crippen molar-refractivity contribution in [3.63, 3.8) is 0 Å². The van der Waals surface area contributed by atoms with Crippen LogP contribution in [0.1, 0.15) is 25.3 Å². The van der Waals surface area contributed by atoms with Gasteiger partial charge in [0, 0.05) is 31.2 Å². The Morgan fingerprint density at radius 1 is 1.41 bits per heavy atom. The molecule has 0 aromatic carbocycles. The number of hydrogen-bond donors (Lipinski definition) is 1. The van der Waals surface area contributed by atoms with E-state index in [1.165, 1.54) is 43.7 Å². The summed E-state index contributed by atoms with van der Waals surface area (Å²) in [7, 11) is 0. The Balaban J connectivity index is 2.03. The Morgan fingerprint density at radius 3 is 2.82 bits per heavy atom. The molecule has 0 aliphatic carbocycles. The molecular formula is C14H23N3. The first kappa shape index (κ1) is 12.4. The Hall–Kier alpha value is -1.09. The summed E-state index contributed by atoms with van der Waals surface area (Å²) in [6.07, 6.45) is 6.47. The number of hydrogen-bond acceptors (Lipinski definition) is 3. The second kappa shape index (κ2) is 6.01. The molecule has 0 amide bonds. The first-order valence-electron chi connectivity index (χ1n) is 6.67. The minimum absolute atomic E-state index is 0.837. The summed E-state index contributed by atoms with van der Waals surface area (Å²) in [6, 6.07) is 2.14. The van der Waals surface area contributed by atoms with Gasteiger partial charge in [0.15, 0.2) is 0 Å². The molecule has 2 heterocycles. The van der Waals surface area contributed by atoms with E-state index in [-0.39, 0.29) is 0 Å². The van der Waals surface area contributed by atoms with Crippen molar-refractivity contribution in [2.75, 3.05) is 31.1 Å². The summed E-state index contributed by atoms with van der Waals surface area (Å²) in [5, 5.41) is 3.43. The largest absolute Gasteiger partial charge is 0.371 e. The summed E-state index contributed by atoms with van der Waals surface area (Å²) >= 11 is 0. The lowest BCUT2D eigenvalue weighted by molar-refractivity contribution is 0.374. The molecule has 1 aromatic rings. The van der Waals surface area contributed by atoms with Crippen LogP contribution in [0.5, 0.6) is 0 Å². The van der Waals surface area contributed by atoms with Gasteiger partial charge in [0.25, 0.3) is 0 Å². The number of nitrogens with zero attached hydrogens (tertiary/aromatic N) is 2. The van der Waals surface area contributed by atoms with E-state index in [1.807, 2.05) is 12.4 Å². The number of aryl methyl sites for hydroxylation is 1. The number of rotatable bonds is 4. The van der Waals surface area contributed by atoms with Crippen LogP contribution in [0, 0.1) is 12.8 Å². The van der Waals surface area contributed by atoms with Crippen molar-refractivity contribution in [3.8, 4) is 0 Å². The number of piperidine rings is 1. The zero-order valence-corrected chi connectivity index (χ0v) is 10.9. The summed E-state index contributed by atoms with van der Waals surface area (Å²) in [5.74, 6) is 0.837. The molecule has 1 fully saturated rings. The molecule has 0 saturated carbocycles. The Kier molecular flexibility index (Phi) is 4.37. The zero-order chi connectivity index (χ0) is 12.1. The summed E-state index contributed by atoms with van der Waals surface area (Å²) < 4.78 is 0. The summed E-state index contributed by atoms with van der Waals surface area (Å²) in [6.45, 7) is 9.00. The first-order chi connectivity index (χ1) is 8.31. The van der Waals surface area contributed by atoms with Crippen LogP contribution in [0.2, 0.25) is 0 Å². The lowest BCUT2D eigenvalue weighted by Gasteiger charge is -2.31. The maximum absolute atomic E-state index is 4.17. The van der Waals surface area contributed by atoms with Crippen molar-refractivity contribution in [2.24, 2.45) is 5.92 Å². The van der Waals surface area contributed by atoms with Crippen molar-refractivity contribution in [2.45, 2.75) is 26.7 Å². The molecular weight excluding hydrogens is 210 g/mol. The third-order valence-electron chi connectivity index (χ3n) is 3.65. The van der Waals surface area contributed by atoms with E-state index in [0.717, 1.165) is 12.5 Å². The van der Waals surface area contributed by atoms with Crippen LogP contribution in [0.25, 0.3) is 0 Å². The molecule has 3 nitrogen and oxygen atoms in total. The van der Waals surface area contributed by atoms with Gasteiger partial charge in [0.2, 0.25) is 0 Å². The molecule has 0 bridgehead atoms. The average Bonchev–Trinajstić information content (AvgIpc) is 2.38. The fraction of sp³-hybridized carbons (Fsp3) is 0.643. The fourth-order valence-corrected chi connectivity index (χ4v) is 2.59. The van der Waals surface area contributed by atoms with Gasteiger partial charge >= 0.3 is 0 Å². The van der Waals surface area contributed by atoms with Gasteiger partial charge in [-0.3, -0.25) is 4.98 Å². The molecule has 1 aliphatic rings. The van der Waals surface area contributed by atoms with Gasteiger partial charge in [-0.05, 0) is 57.3 Å². The standard InChI is InChI=1S/C14H23N3/c1-3-17(11-13-4-7-15-8-5-13)14-6-9-16-10-12(14)2/h6,9-10,13,15H,3-5,7-8,11H2,1-2H3. The lowest BCUT2D eigenvalue weighted by Crippen LogP contribution is -2.36. The number of pyridine rings is 1. The maximum atomic E-state index is 4.17. The van der Waals surface area contributed by atoms with Crippen LogP contribution < -0.4 is 10.2 Å². The highest BCUT2D eigenvalue weighted by atomic mass is 15.1. The predicted octanol–water partition coefficient (Wildman–Crippen LogP) is 2.22. The third-order valence-corrected chi connectivity index (χ3v) is 3.65. The van der Waals surface area contributed by atoms with Gasteiger partial charge in [0.05, 0.1) is 0 Å². The van der Waals surface area contributed by atoms with E-state index in [4.69, 9.17) is 0 Å². The highest BCUT2D eigenvalue weighted by Crippen LogP contribution is 2.22. The minimum Gasteiger partial charge on any atom is -0.371 e. The zero-order valence-electron chi connectivity index (χ0n) is 10.9. The topological polar surface area (TPSA) is 28.2 Å². The van der Waals surface area contributed by atoms with E-state index in [0.29, 0.717) is 0 Å². The van der Waals surface area contributed by atoms with Crippen molar-refractivity contribution in [3.05, 3.63) is 24.0 Å². The van der Waals surface area contributed by atoms with E-state index in [2.05, 4.69) is 35.1 Å². The van der Waals surface area contributed by atoms with Crippen LogP contribution >= 0.6 is 0 Å². The molecule has 0 unspecified atom stereocenters. The molecule has 17 heavy (non-hydrogen) atoms. The molecule has 94 valence electrons. The minimum atomic E-state index is 0.837. The number of aromatic nitrogens is 1. The molecule has 3 heteroatoms. The van der Waals surface area contributed by atoms with Crippen LogP contribution in [0.4, 0.5) is 5.69 Å². The van der Waals surface area contributed by atoms with Gasteiger partial charge in [-0.2, -0.15) is 0 Å². The van der Waals surface area contributed by atoms with E-state index in [1.54, 1.807) is 0 Å². The van der Waals surface area contributed by atoms with E-state index in [9.17, 15) is 0 Å². The molecule has 1 saturated heterocycles. The SMILES string of the molecule is CCN(CC1CCNCC1)c1ccncc1C. The summed E-state index contributed by atoms with van der Waals surface area (Å²) in [5.41, 5.74) is 2.63. The lowest BCUT2D eigenvalue weighted by atomic mass is 9.97. The van der Waals surface area contributed by atoms with Crippen molar-refractivity contribution >= 4 is 5.69 Å². The highest BCUT2D eigenvalue weighted by molar-refractivity contribution is 5.51. The molecule has 0 radical (unpaired) electrons. The second-order valence-electron chi connectivity index (χ2n) is 4.89. The molecule has 0 atom stereocenters. The maximum Gasteiger partial charge on any atom is 0.0426 e. The van der Waals surface area contributed by atoms with Crippen molar-refractivity contribution in [1.82, 2.24) is 10.3 Å². The first-order valence-corrected chi connectivity index (χ1v) is 6.67. The number of anilines is 1. The van der Waals surface area contributed by atoms with Crippen LogP contribution in [-0.2, 0) is 0 Å². The predicted molar refractivity (Wildman–Crippen MR) is 72.5 cm³/mol. The highest BCUT2D eigenvalue weighted by Gasteiger charge is 2.17. The van der Waals surface area contributed by atoms with Crippen LogP contribution in [-0.4, -0.2) is 31.2 Å². The average molecular weight is 233 g/mol. The summed E-state index contributed by atoms with van der Waals surface area (Å²) in [4.78, 5) is 6.66. The van der Waals surface area contributed by atoms with Crippen LogP contribution in [0.3, 0.4) is 0 Å². The Bertz CT molecular complexity index is 345. The number of nitrogens with one attached hydrogen (secondary N) is 1. The quantitative estimate of drug-likeness (QED) is 0.864. The van der Waals surface area contributed by atoms with Crippen molar-refractivity contribution < 1.29 is 0 Å². The molecule has 2 rings (SSSR count). The van der Waals surface area contributed by atoms with Gasteiger partial charge < -0.3 is 10.2 Å². The fourth-order valence-electron chi connectivity index (χ4n) is 2.59. The smallest absolute Gasteiger partial charge is 0.0426 e. The van der Waals surface area contributed by atoms with Crippen molar-refractivity contribution in [1.29, 1.82) is 0 Å². The normalized spacial score (nSPS) is 17.1. The Labute approximate surface area is 104 Å². The van der Waals surface area contributed by atoms with E-state index < -0.39 is 0 Å². The van der Waals surface area contributed by atoms with E-state index >= 15 is 0 Å².